The van der Waals surface area contributed by atoms with E-state index < -0.39 is 0 Å². The number of nitrogens with two attached hydrogens (primary N) is 1. The predicted molar refractivity (Wildman–Crippen MR) is 82.6 cm³/mol. The summed E-state index contributed by atoms with van der Waals surface area (Å²) in [6.45, 7) is 2.00. The molecule has 4 heteroatoms. The molecule has 0 aliphatic rings. The van der Waals surface area contributed by atoms with Crippen LogP contribution in [-0.4, -0.2) is 15.6 Å². The van der Waals surface area contributed by atoms with E-state index in [9.17, 15) is 4.79 Å². The molecule has 1 aromatic heterocycles. The number of anilines is 1. The Morgan fingerprint density at radius 3 is 2.57 bits per heavy atom. The Morgan fingerprint density at radius 2 is 1.86 bits per heavy atom. The zero-order chi connectivity index (χ0) is 14.8. The number of aryl methyl sites for hydroxylation is 1. The van der Waals surface area contributed by atoms with Gasteiger partial charge in [0.25, 0.3) is 0 Å². The average molecular weight is 277 g/mol. The molecule has 0 saturated carbocycles. The van der Waals surface area contributed by atoms with E-state index in [1.807, 2.05) is 49.4 Å². The summed E-state index contributed by atoms with van der Waals surface area (Å²) in [6, 6.07) is 16.9. The maximum Gasteiger partial charge on any atom is 0.198 e. The molecule has 2 aromatic carbocycles. The third kappa shape index (κ3) is 2.43. The van der Waals surface area contributed by atoms with Crippen LogP contribution in [0.1, 0.15) is 21.5 Å². The van der Waals surface area contributed by atoms with Crippen LogP contribution in [-0.2, 0) is 0 Å². The van der Waals surface area contributed by atoms with E-state index in [1.165, 1.54) is 6.20 Å². The van der Waals surface area contributed by atoms with Crippen molar-refractivity contribution < 1.29 is 4.79 Å². The minimum Gasteiger partial charge on any atom is -0.383 e. The lowest BCUT2D eigenvalue weighted by Gasteiger charge is -2.06. The third-order valence-electron chi connectivity index (χ3n) is 3.33. The molecule has 0 aliphatic heterocycles. The molecule has 0 unspecified atom stereocenters. The minimum absolute atomic E-state index is 0.119. The lowest BCUT2D eigenvalue weighted by molar-refractivity contribution is 0.103. The molecule has 0 fully saturated rings. The van der Waals surface area contributed by atoms with Crippen molar-refractivity contribution >= 4 is 11.6 Å². The Kier molecular flexibility index (Phi) is 3.28. The number of aromatic nitrogens is 2. The number of rotatable bonds is 3. The van der Waals surface area contributed by atoms with Gasteiger partial charge in [-0.25, -0.2) is 4.68 Å². The number of hydrogen-bond acceptors (Lipinski definition) is 3. The number of carbonyl (C=O) groups excluding carboxylic acids is 1. The number of nitrogens with zero attached hydrogens (tertiary/aromatic N) is 2. The van der Waals surface area contributed by atoms with Crippen molar-refractivity contribution in [1.29, 1.82) is 0 Å². The average Bonchev–Trinajstić information content (AvgIpc) is 2.89. The fraction of sp³-hybridized carbons (Fsp3) is 0.0588. The second-order valence-corrected chi connectivity index (χ2v) is 4.89. The summed E-state index contributed by atoms with van der Waals surface area (Å²) in [5.41, 5.74) is 9.08. The summed E-state index contributed by atoms with van der Waals surface area (Å²) in [5, 5.41) is 4.24. The van der Waals surface area contributed by atoms with Gasteiger partial charge in [-0.05, 0) is 24.6 Å². The number of benzene rings is 2. The first kappa shape index (κ1) is 13.1. The summed E-state index contributed by atoms with van der Waals surface area (Å²) < 4.78 is 1.59. The summed E-state index contributed by atoms with van der Waals surface area (Å²) in [6.07, 6.45) is 1.52. The fourth-order valence-electron chi connectivity index (χ4n) is 2.24. The highest BCUT2D eigenvalue weighted by atomic mass is 16.1. The zero-order valence-corrected chi connectivity index (χ0v) is 11.7. The lowest BCUT2D eigenvalue weighted by atomic mass is 10.1. The smallest absolute Gasteiger partial charge is 0.198 e. The summed E-state index contributed by atoms with van der Waals surface area (Å²) in [7, 11) is 0. The highest BCUT2D eigenvalue weighted by Gasteiger charge is 2.17. The molecule has 0 bridgehead atoms. The normalized spacial score (nSPS) is 10.5. The van der Waals surface area contributed by atoms with Gasteiger partial charge in [-0.2, -0.15) is 5.10 Å². The molecule has 0 atom stereocenters. The molecular weight excluding hydrogens is 262 g/mol. The molecule has 1 heterocycles. The van der Waals surface area contributed by atoms with Crippen LogP contribution in [0.2, 0.25) is 0 Å². The summed E-state index contributed by atoms with van der Waals surface area (Å²) in [4.78, 5) is 12.4. The van der Waals surface area contributed by atoms with Crippen molar-refractivity contribution in [2.45, 2.75) is 6.92 Å². The molecule has 0 amide bonds. The molecule has 21 heavy (non-hydrogen) atoms. The van der Waals surface area contributed by atoms with E-state index in [2.05, 4.69) is 5.10 Å². The largest absolute Gasteiger partial charge is 0.383 e. The van der Waals surface area contributed by atoms with Crippen LogP contribution in [0.25, 0.3) is 5.69 Å². The van der Waals surface area contributed by atoms with Crippen molar-refractivity contribution in [2.75, 3.05) is 5.73 Å². The Labute approximate surface area is 122 Å². The Hall–Kier alpha value is -2.88. The van der Waals surface area contributed by atoms with Crippen LogP contribution in [0.3, 0.4) is 0 Å². The highest BCUT2D eigenvalue weighted by molar-refractivity contribution is 6.11. The van der Waals surface area contributed by atoms with Gasteiger partial charge in [0.2, 0.25) is 0 Å². The van der Waals surface area contributed by atoms with Crippen molar-refractivity contribution in [3.05, 3.63) is 77.5 Å². The minimum atomic E-state index is -0.119. The van der Waals surface area contributed by atoms with Crippen LogP contribution in [0.5, 0.6) is 0 Å². The van der Waals surface area contributed by atoms with Crippen LogP contribution in [0.15, 0.2) is 60.8 Å². The van der Waals surface area contributed by atoms with E-state index in [-0.39, 0.29) is 5.78 Å². The van der Waals surface area contributed by atoms with Crippen LogP contribution >= 0.6 is 0 Å². The number of carbonyl (C=O) groups is 1. The summed E-state index contributed by atoms with van der Waals surface area (Å²) >= 11 is 0. The quantitative estimate of drug-likeness (QED) is 0.749. The molecule has 0 spiro atoms. The molecule has 104 valence electrons. The Balaban J connectivity index is 2.02. The fourth-order valence-corrected chi connectivity index (χ4v) is 2.24. The van der Waals surface area contributed by atoms with Crippen LogP contribution in [0, 0.1) is 6.92 Å². The molecule has 3 rings (SSSR count). The van der Waals surface area contributed by atoms with Gasteiger partial charge in [-0.3, -0.25) is 4.79 Å². The monoisotopic (exact) mass is 277 g/mol. The van der Waals surface area contributed by atoms with Gasteiger partial charge < -0.3 is 5.73 Å². The maximum absolute atomic E-state index is 12.4. The molecule has 3 aromatic rings. The van der Waals surface area contributed by atoms with Gasteiger partial charge in [-0.1, -0.05) is 42.5 Å². The summed E-state index contributed by atoms with van der Waals surface area (Å²) in [5.74, 6) is 0.237. The van der Waals surface area contributed by atoms with E-state index in [1.54, 1.807) is 16.8 Å². The second kappa shape index (κ2) is 5.25. The molecule has 4 nitrogen and oxygen atoms in total. The standard InChI is InChI=1S/C17H15N3O/c1-12-6-5-9-14(10-12)20-17(18)15(11-19-20)16(21)13-7-3-2-4-8-13/h2-11H,18H2,1H3. The van der Waals surface area contributed by atoms with Crippen molar-refractivity contribution in [3.8, 4) is 5.69 Å². The second-order valence-electron chi connectivity index (χ2n) is 4.89. The molecular formula is C17H15N3O. The first-order valence-corrected chi connectivity index (χ1v) is 6.67. The molecule has 2 N–H and O–H groups in total. The zero-order valence-electron chi connectivity index (χ0n) is 11.7. The first-order chi connectivity index (χ1) is 10.2. The number of nitrogen functional groups attached to an aromatic ring is 1. The van der Waals surface area contributed by atoms with E-state index >= 15 is 0 Å². The SMILES string of the molecule is Cc1cccc(-n2ncc(C(=O)c3ccccc3)c2N)c1. The lowest BCUT2D eigenvalue weighted by Crippen LogP contribution is -2.07. The van der Waals surface area contributed by atoms with Gasteiger partial charge in [0, 0.05) is 5.56 Å². The van der Waals surface area contributed by atoms with E-state index in [0.717, 1.165) is 11.3 Å². The predicted octanol–water partition coefficient (Wildman–Crippen LogP) is 2.99. The third-order valence-corrected chi connectivity index (χ3v) is 3.33. The molecule has 0 aliphatic carbocycles. The van der Waals surface area contributed by atoms with Crippen molar-refractivity contribution in [1.82, 2.24) is 9.78 Å². The van der Waals surface area contributed by atoms with Gasteiger partial charge in [0.05, 0.1) is 17.4 Å². The Morgan fingerprint density at radius 1 is 1.10 bits per heavy atom. The van der Waals surface area contributed by atoms with Gasteiger partial charge in [-0.15, -0.1) is 0 Å². The molecule has 0 radical (unpaired) electrons. The van der Waals surface area contributed by atoms with Gasteiger partial charge in [0.15, 0.2) is 5.78 Å². The number of ketones is 1. The van der Waals surface area contributed by atoms with E-state index in [0.29, 0.717) is 16.9 Å². The van der Waals surface area contributed by atoms with Gasteiger partial charge in [0.1, 0.15) is 5.82 Å². The number of hydrogen-bond donors (Lipinski definition) is 1. The van der Waals surface area contributed by atoms with Crippen LogP contribution in [0.4, 0.5) is 5.82 Å². The van der Waals surface area contributed by atoms with Crippen molar-refractivity contribution in [2.24, 2.45) is 0 Å². The molecule has 0 saturated heterocycles. The van der Waals surface area contributed by atoms with E-state index in [4.69, 9.17) is 5.73 Å². The highest BCUT2D eigenvalue weighted by Crippen LogP contribution is 2.20. The maximum atomic E-state index is 12.4. The Bertz CT molecular complexity index is 791. The van der Waals surface area contributed by atoms with Crippen LogP contribution < -0.4 is 5.73 Å². The first-order valence-electron chi connectivity index (χ1n) is 6.67. The van der Waals surface area contributed by atoms with Crippen molar-refractivity contribution in [3.63, 3.8) is 0 Å². The topological polar surface area (TPSA) is 60.9 Å². The van der Waals surface area contributed by atoms with Gasteiger partial charge >= 0.3 is 0 Å².